The van der Waals surface area contributed by atoms with Crippen LogP contribution in [0.4, 0.5) is 0 Å². The molecule has 0 bridgehead atoms. The van der Waals surface area contributed by atoms with E-state index in [1.807, 2.05) is 6.08 Å². The molecule has 0 radical (unpaired) electrons. The summed E-state index contributed by atoms with van der Waals surface area (Å²) in [6.07, 6.45) is 8.04. The van der Waals surface area contributed by atoms with Crippen LogP contribution in [-0.4, -0.2) is 25.5 Å². The molecule has 1 amide bonds. The molecule has 1 aliphatic heterocycles. The lowest BCUT2D eigenvalue weighted by molar-refractivity contribution is -0.121. The molecule has 1 heterocycles. The number of unbranched alkanes of at least 4 members (excludes halogenated alkanes) is 1. The van der Waals surface area contributed by atoms with Crippen LogP contribution < -0.4 is 10.6 Å². The summed E-state index contributed by atoms with van der Waals surface area (Å²) < 4.78 is 0. The molecule has 1 fully saturated rings. The predicted molar refractivity (Wildman–Crippen MR) is 81.8 cm³/mol. The average Bonchev–Trinajstić information content (AvgIpc) is 2.31. The lowest BCUT2D eigenvalue weighted by Gasteiger charge is -2.22. The van der Waals surface area contributed by atoms with Gasteiger partial charge in [0.15, 0.2) is 0 Å². The smallest absolute Gasteiger partial charge is 0.220 e. The highest BCUT2D eigenvalue weighted by Crippen LogP contribution is 2.12. The molecule has 1 atom stereocenters. The van der Waals surface area contributed by atoms with Gasteiger partial charge in [-0.2, -0.15) is 0 Å². The van der Waals surface area contributed by atoms with E-state index in [1.54, 1.807) is 0 Å². The Morgan fingerprint density at radius 1 is 1.44 bits per heavy atom. The molecule has 1 unspecified atom stereocenters. The van der Waals surface area contributed by atoms with Gasteiger partial charge < -0.3 is 10.6 Å². The number of piperidine rings is 1. The number of amides is 1. The van der Waals surface area contributed by atoms with Gasteiger partial charge in [-0.1, -0.05) is 6.08 Å². The van der Waals surface area contributed by atoms with Gasteiger partial charge in [-0.05, 0) is 51.1 Å². The number of hydrogen-bond donors (Lipinski definition) is 2. The number of halogens is 2. The molecule has 1 saturated heterocycles. The highest BCUT2D eigenvalue weighted by molar-refractivity contribution is 5.85. The van der Waals surface area contributed by atoms with Crippen LogP contribution in [0.15, 0.2) is 12.7 Å². The van der Waals surface area contributed by atoms with Crippen LogP contribution >= 0.6 is 24.8 Å². The Hall–Kier alpha value is -0.250. The summed E-state index contributed by atoms with van der Waals surface area (Å²) >= 11 is 0. The minimum atomic E-state index is 0. The first-order chi connectivity index (χ1) is 7.83. The third kappa shape index (κ3) is 9.75. The molecule has 0 aliphatic carbocycles. The van der Waals surface area contributed by atoms with Gasteiger partial charge in [-0.3, -0.25) is 4.79 Å². The molecule has 0 saturated carbocycles. The summed E-state index contributed by atoms with van der Waals surface area (Å²) in [6.45, 7) is 6.75. The van der Waals surface area contributed by atoms with Crippen LogP contribution in [0, 0.1) is 5.92 Å². The second kappa shape index (κ2) is 13.2. The zero-order valence-corrected chi connectivity index (χ0v) is 12.6. The Balaban J connectivity index is 0. The molecular weight excluding hydrogens is 271 g/mol. The van der Waals surface area contributed by atoms with Crippen molar-refractivity contribution in [1.29, 1.82) is 0 Å². The number of allylic oxidation sites excluding steroid dienone is 1. The first-order valence-electron chi connectivity index (χ1n) is 6.41. The number of carbonyl (C=O) groups excluding carboxylic acids is 1. The van der Waals surface area contributed by atoms with Crippen LogP contribution in [0.3, 0.4) is 0 Å². The Morgan fingerprint density at radius 2 is 2.22 bits per heavy atom. The summed E-state index contributed by atoms with van der Waals surface area (Å²) in [5.41, 5.74) is 0. The van der Waals surface area contributed by atoms with Crippen molar-refractivity contribution in [2.24, 2.45) is 5.92 Å². The SMILES string of the molecule is C=CCCCC(=O)NCCC1CCCNC1.Cl.Cl. The summed E-state index contributed by atoms with van der Waals surface area (Å²) in [6, 6.07) is 0. The fourth-order valence-electron chi connectivity index (χ4n) is 2.08. The number of nitrogens with one attached hydrogen (secondary N) is 2. The summed E-state index contributed by atoms with van der Waals surface area (Å²) in [5.74, 6) is 0.938. The van der Waals surface area contributed by atoms with Crippen molar-refractivity contribution >= 4 is 30.7 Å². The summed E-state index contributed by atoms with van der Waals surface area (Å²) in [4.78, 5) is 11.4. The Labute approximate surface area is 123 Å². The van der Waals surface area contributed by atoms with E-state index in [9.17, 15) is 4.79 Å². The third-order valence-corrected chi connectivity index (χ3v) is 3.09. The highest BCUT2D eigenvalue weighted by Gasteiger charge is 2.12. The van der Waals surface area contributed by atoms with Crippen LogP contribution in [0.25, 0.3) is 0 Å². The number of rotatable bonds is 7. The van der Waals surface area contributed by atoms with Crippen LogP contribution in [0.1, 0.15) is 38.5 Å². The van der Waals surface area contributed by atoms with Crippen molar-refractivity contribution in [3.8, 4) is 0 Å². The van der Waals surface area contributed by atoms with Crippen LogP contribution in [-0.2, 0) is 4.79 Å². The van der Waals surface area contributed by atoms with Crippen molar-refractivity contribution in [3.63, 3.8) is 0 Å². The van der Waals surface area contributed by atoms with E-state index in [-0.39, 0.29) is 30.7 Å². The summed E-state index contributed by atoms with van der Waals surface area (Å²) in [5, 5.41) is 6.38. The largest absolute Gasteiger partial charge is 0.356 e. The van der Waals surface area contributed by atoms with Crippen molar-refractivity contribution in [2.45, 2.75) is 38.5 Å². The number of hydrogen-bond acceptors (Lipinski definition) is 2. The van der Waals surface area contributed by atoms with E-state index in [0.717, 1.165) is 44.8 Å². The van der Waals surface area contributed by atoms with E-state index < -0.39 is 0 Å². The molecule has 18 heavy (non-hydrogen) atoms. The van der Waals surface area contributed by atoms with Crippen molar-refractivity contribution in [2.75, 3.05) is 19.6 Å². The van der Waals surface area contributed by atoms with Gasteiger partial charge in [0, 0.05) is 13.0 Å². The first kappa shape index (κ1) is 20.1. The Kier molecular flexibility index (Phi) is 14.7. The predicted octanol–water partition coefficient (Wildman–Crippen LogP) is 2.69. The van der Waals surface area contributed by atoms with E-state index >= 15 is 0 Å². The van der Waals surface area contributed by atoms with Gasteiger partial charge in [0.25, 0.3) is 0 Å². The zero-order valence-electron chi connectivity index (χ0n) is 11.0. The van der Waals surface area contributed by atoms with E-state index in [2.05, 4.69) is 17.2 Å². The molecule has 1 aliphatic rings. The third-order valence-electron chi connectivity index (χ3n) is 3.09. The van der Waals surface area contributed by atoms with Gasteiger partial charge in [0.05, 0.1) is 0 Å². The average molecular weight is 297 g/mol. The highest BCUT2D eigenvalue weighted by atomic mass is 35.5. The lowest BCUT2D eigenvalue weighted by Crippen LogP contribution is -2.33. The van der Waals surface area contributed by atoms with Crippen LogP contribution in [0.5, 0.6) is 0 Å². The lowest BCUT2D eigenvalue weighted by atomic mass is 9.96. The monoisotopic (exact) mass is 296 g/mol. The maximum Gasteiger partial charge on any atom is 0.220 e. The molecule has 2 N–H and O–H groups in total. The van der Waals surface area contributed by atoms with Crippen LogP contribution in [0.2, 0.25) is 0 Å². The quantitative estimate of drug-likeness (QED) is 0.560. The van der Waals surface area contributed by atoms with Crippen molar-refractivity contribution < 1.29 is 4.79 Å². The van der Waals surface area contributed by atoms with E-state index in [4.69, 9.17) is 0 Å². The molecule has 0 aromatic rings. The van der Waals surface area contributed by atoms with Crippen molar-refractivity contribution in [3.05, 3.63) is 12.7 Å². The Morgan fingerprint density at radius 3 is 2.83 bits per heavy atom. The molecular formula is C13H26Cl2N2O. The van der Waals surface area contributed by atoms with Gasteiger partial charge in [-0.25, -0.2) is 0 Å². The van der Waals surface area contributed by atoms with Gasteiger partial charge in [0.2, 0.25) is 5.91 Å². The van der Waals surface area contributed by atoms with Gasteiger partial charge in [-0.15, -0.1) is 31.4 Å². The minimum absolute atomic E-state index is 0. The normalized spacial score (nSPS) is 18.1. The molecule has 0 aromatic carbocycles. The number of carbonyl (C=O) groups is 1. The van der Waals surface area contributed by atoms with Crippen molar-refractivity contribution in [1.82, 2.24) is 10.6 Å². The fraction of sp³-hybridized carbons (Fsp3) is 0.769. The summed E-state index contributed by atoms with van der Waals surface area (Å²) in [7, 11) is 0. The van der Waals surface area contributed by atoms with Gasteiger partial charge >= 0.3 is 0 Å². The molecule has 5 heteroatoms. The first-order valence-corrected chi connectivity index (χ1v) is 6.41. The molecule has 0 aromatic heterocycles. The maximum atomic E-state index is 11.4. The minimum Gasteiger partial charge on any atom is -0.356 e. The molecule has 108 valence electrons. The topological polar surface area (TPSA) is 41.1 Å². The Bertz CT molecular complexity index is 219. The fourth-order valence-corrected chi connectivity index (χ4v) is 2.08. The van der Waals surface area contributed by atoms with E-state index in [1.165, 1.54) is 12.8 Å². The molecule has 3 nitrogen and oxygen atoms in total. The second-order valence-electron chi connectivity index (χ2n) is 4.53. The molecule has 0 spiro atoms. The van der Waals surface area contributed by atoms with Gasteiger partial charge in [0.1, 0.15) is 0 Å². The maximum absolute atomic E-state index is 11.4. The van der Waals surface area contributed by atoms with E-state index in [0.29, 0.717) is 6.42 Å². The molecule has 1 rings (SSSR count). The second-order valence-corrected chi connectivity index (χ2v) is 4.53. The zero-order chi connectivity index (χ0) is 11.6. The standard InChI is InChI=1S/C13H24N2O.2ClH/c1-2-3-4-7-13(16)15-10-8-12-6-5-9-14-11-12;;/h2,12,14H,1,3-11H2,(H,15,16);2*1H.